The van der Waals surface area contributed by atoms with Crippen LogP contribution in [0.15, 0.2) is 66.0 Å². The lowest BCUT2D eigenvalue weighted by Crippen LogP contribution is -2.07. The summed E-state index contributed by atoms with van der Waals surface area (Å²) in [6.07, 6.45) is 5.79. The van der Waals surface area contributed by atoms with Crippen molar-refractivity contribution in [3.63, 3.8) is 0 Å². The molecule has 3 aromatic heterocycles. The van der Waals surface area contributed by atoms with Crippen molar-refractivity contribution in [2.75, 3.05) is 6.26 Å². The van der Waals surface area contributed by atoms with Crippen LogP contribution in [-0.2, 0) is 9.84 Å². The van der Waals surface area contributed by atoms with Gasteiger partial charge in [0.25, 0.3) is 5.78 Å². The van der Waals surface area contributed by atoms with Gasteiger partial charge in [0.2, 0.25) is 0 Å². The standard InChI is InChI=1S/C17H13N5O2S/c1-25(23,24)14-11-19-17-20-16(13-8-5-9-18-10-13)21-22(17)15(14)12-6-3-2-4-7-12/h2-11H,1H3. The molecular weight excluding hydrogens is 338 g/mol. The zero-order chi connectivity index (χ0) is 17.4. The highest BCUT2D eigenvalue weighted by Crippen LogP contribution is 2.28. The van der Waals surface area contributed by atoms with E-state index in [1.807, 2.05) is 36.4 Å². The number of hydrogen-bond acceptors (Lipinski definition) is 6. The maximum Gasteiger partial charge on any atom is 0.253 e. The third-order valence-electron chi connectivity index (χ3n) is 3.70. The lowest BCUT2D eigenvalue weighted by atomic mass is 10.1. The Balaban J connectivity index is 2.06. The van der Waals surface area contributed by atoms with Gasteiger partial charge in [0.15, 0.2) is 15.7 Å². The van der Waals surface area contributed by atoms with Crippen LogP contribution in [0.1, 0.15) is 0 Å². The van der Waals surface area contributed by atoms with Crippen LogP contribution in [-0.4, -0.2) is 39.2 Å². The van der Waals surface area contributed by atoms with Crippen LogP contribution in [0.3, 0.4) is 0 Å². The quantitative estimate of drug-likeness (QED) is 0.562. The molecule has 0 unspecified atom stereocenters. The Morgan fingerprint density at radius 3 is 2.40 bits per heavy atom. The number of rotatable bonds is 3. The summed E-state index contributed by atoms with van der Waals surface area (Å²) in [6, 6.07) is 12.8. The van der Waals surface area contributed by atoms with E-state index in [0.717, 1.165) is 17.4 Å². The molecule has 0 aliphatic heterocycles. The van der Waals surface area contributed by atoms with Gasteiger partial charge in [-0.25, -0.2) is 13.4 Å². The van der Waals surface area contributed by atoms with Crippen LogP contribution >= 0.6 is 0 Å². The molecule has 7 nitrogen and oxygen atoms in total. The van der Waals surface area contributed by atoms with E-state index in [4.69, 9.17) is 0 Å². The Kier molecular flexibility index (Phi) is 3.54. The van der Waals surface area contributed by atoms with Crippen molar-refractivity contribution >= 4 is 15.6 Å². The molecule has 0 bridgehead atoms. The highest BCUT2D eigenvalue weighted by molar-refractivity contribution is 7.90. The minimum Gasteiger partial charge on any atom is -0.264 e. The first-order valence-corrected chi connectivity index (χ1v) is 9.35. The second-order valence-electron chi connectivity index (χ2n) is 5.50. The Bertz CT molecular complexity index is 1160. The Morgan fingerprint density at radius 1 is 0.960 bits per heavy atom. The fraction of sp³-hybridized carbons (Fsp3) is 0.0588. The summed E-state index contributed by atoms with van der Waals surface area (Å²) >= 11 is 0. The molecular formula is C17H13N5O2S. The fourth-order valence-corrected chi connectivity index (χ4v) is 3.37. The third-order valence-corrected chi connectivity index (χ3v) is 4.80. The molecule has 124 valence electrons. The van der Waals surface area contributed by atoms with Gasteiger partial charge in [0.1, 0.15) is 4.90 Å². The Morgan fingerprint density at radius 2 is 1.72 bits per heavy atom. The molecule has 4 rings (SSSR count). The zero-order valence-electron chi connectivity index (χ0n) is 13.2. The van der Waals surface area contributed by atoms with Gasteiger partial charge in [-0.05, 0) is 12.1 Å². The van der Waals surface area contributed by atoms with Gasteiger partial charge in [-0.1, -0.05) is 30.3 Å². The Labute approximate surface area is 144 Å². The second-order valence-corrected chi connectivity index (χ2v) is 7.48. The van der Waals surface area contributed by atoms with E-state index in [1.54, 1.807) is 18.5 Å². The first-order valence-electron chi connectivity index (χ1n) is 7.46. The average molecular weight is 351 g/mol. The molecule has 8 heteroatoms. The topological polar surface area (TPSA) is 90.1 Å². The van der Waals surface area contributed by atoms with Crippen molar-refractivity contribution in [3.8, 4) is 22.6 Å². The first-order chi connectivity index (χ1) is 12.0. The molecule has 0 radical (unpaired) electrons. The smallest absolute Gasteiger partial charge is 0.253 e. The van der Waals surface area contributed by atoms with Crippen molar-refractivity contribution < 1.29 is 8.42 Å². The number of aromatic nitrogens is 5. The van der Waals surface area contributed by atoms with Gasteiger partial charge in [-0.15, -0.1) is 5.10 Å². The van der Waals surface area contributed by atoms with E-state index in [0.29, 0.717) is 17.3 Å². The van der Waals surface area contributed by atoms with Crippen LogP contribution in [0.2, 0.25) is 0 Å². The molecule has 0 atom stereocenters. The molecule has 3 heterocycles. The predicted octanol–water partition coefficient (Wildman–Crippen LogP) is 2.26. The maximum absolute atomic E-state index is 12.2. The lowest BCUT2D eigenvalue weighted by Gasteiger charge is -2.09. The van der Waals surface area contributed by atoms with E-state index in [1.165, 1.54) is 10.7 Å². The average Bonchev–Trinajstić information content (AvgIpc) is 3.06. The summed E-state index contributed by atoms with van der Waals surface area (Å²) in [5.74, 6) is 0.758. The molecule has 4 aromatic rings. The van der Waals surface area contributed by atoms with Crippen molar-refractivity contribution in [2.45, 2.75) is 4.90 Å². The van der Waals surface area contributed by atoms with E-state index in [2.05, 4.69) is 20.1 Å². The van der Waals surface area contributed by atoms with Crippen LogP contribution in [0, 0.1) is 0 Å². The van der Waals surface area contributed by atoms with Gasteiger partial charge < -0.3 is 0 Å². The first kappa shape index (κ1) is 15.4. The SMILES string of the molecule is CS(=O)(=O)c1cnc2nc(-c3cccnc3)nn2c1-c1ccccc1. The minimum absolute atomic E-state index is 0.105. The van der Waals surface area contributed by atoms with Crippen LogP contribution in [0.4, 0.5) is 0 Å². The van der Waals surface area contributed by atoms with Gasteiger partial charge in [0.05, 0.1) is 11.9 Å². The van der Waals surface area contributed by atoms with Crippen LogP contribution in [0.5, 0.6) is 0 Å². The molecule has 0 saturated heterocycles. The van der Waals surface area contributed by atoms with E-state index >= 15 is 0 Å². The molecule has 0 aliphatic carbocycles. The normalized spacial score (nSPS) is 11.7. The van der Waals surface area contributed by atoms with E-state index in [-0.39, 0.29) is 4.90 Å². The summed E-state index contributed by atoms with van der Waals surface area (Å²) in [4.78, 5) is 12.7. The molecule has 0 N–H and O–H groups in total. The second kappa shape index (κ2) is 5.75. The van der Waals surface area contributed by atoms with Crippen molar-refractivity contribution in [1.29, 1.82) is 0 Å². The van der Waals surface area contributed by atoms with E-state index in [9.17, 15) is 8.42 Å². The number of fused-ring (bicyclic) bond motifs is 1. The number of hydrogen-bond donors (Lipinski definition) is 0. The monoisotopic (exact) mass is 351 g/mol. The molecule has 0 fully saturated rings. The molecule has 1 aromatic carbocycles. The molecule has 0 aliphatic rings. The highest BCUT2D eigenvalue weighted by Gasteiger charge is 2.21. The number of nitrogens with zero attached hydrogens (tertiary/aromatic N) is 5. The third kappa shape index (κ3) is 2.76. The van der Waals surface area contributed by atoms with Crippen LogP contribution < -0.4 is 0 Å². The fourth-order valence-electron chi connectivity index (χ4n) is 2.57. The highest BCUT2D eigenvalue weighted by atomic mass is 32.2. The van der Waals surface area contributed by atoms with E-state index < -0.39 is 9.84 Å². The maximum atomic E-state index is 12.2. The van der Waals surface area contributed by atoms with Gasteiger partial charge in [-0.3, -0.25) is 4.98 Å². The largest absolute Gasteiger partial charge is 0.264 e. The lowest BCUT2D eigenvalue weighted by molar-refractivity contribution is 0.601. The predicted molar refractivity (Wildman–Crippen MR) is 92.6 cm³/mol. The van der Waals surface area contributed by atoms with Gasteiger partial charge in [0, 0.05) is 29.8 Å². The summed E-state index contributed by atoms with van der Waals surface area (Å²) in [5, 5.41) is 4.47. The summed E-state index contributed by atoms with van der Waals surface area (Å²) < 4.78 is 25.9. The molecule has 0 saturated carbocycles. The van der Waals surface area contributed by atoms with Gasteiger partial charge >= 0.3 is 0 Å². The summed E-state index contributed by atoms with van der Waals surface area (Å²) in [7, 11) is -3.49. The number of pyridine rings is 1. The van der Waals surface area contributed by atoms with Gasteiger partial charge in [-0.2, -0.15) is 9.50 Å². The number of benzene rings is 1. The van der Waals surface area contributed by atoms with Crippen molar-refractivity contribution in [1.82, 2.24) is 24.6 Å². The zero-order valence-corrected chi connectivity index (χ0v) is 14.1. The summed E-state index contributed by atoms with van der Waals surface area (Å²) in [5.41, 5.74) is 1.89. The number of sulfone groups is 1. The van der Waals surface area contributed by atoms with Crippen molar-refractivity contribution in [2.24, 2.45) is 0 Å². The molecule has 0 spiro atoms. The summed E-state index contributed by atoms with van der Waals surface area (Å²) in [6.45, 7) is 0. The van der Waals surface area contributed by atoms with Crippen LogP contribution in [0.25, 0.3) is 28.4 Å². The molecule has 0 amide bonds. The molecule has 25 heavy (non-hydrogen) atoms. The Hall–Kier alpha value is -3.13. The van der Waals surface area contributed by atoms with Crippen molar-refractivity contribution in [3.05, 3.63) is 61.1 Å². The minimum atomic E-state index is -3.49.